The van der Waals surface area contributed by atoms with Crippen LogP contribution in [0.2, 0.25) is 0 Å². The van der Waals surface area contributed by atoms with Crippen LogP contribution in [0.3, 0.4) is 0 Å². The third-order valence-corrected chi connectivity index (χ3v) is 5.88. The van der Waals surface area contributed by atoms with Gasteiger partial charge in [0.05, 0.1) is 5.52 Å². The van der Waals surface area contributed by atoms with Crippen LogP contribution in [0.5, 0.6) is 0 Å². The molecule has 4 rings (SSSR count). The van der Waals surface area contributed by atoms with E-state index in [0.29, 0.717) is 50.4 Å². The fourth-order valence-electron chi connectivity index (χ4n) is 3.72. The first-order valence-corrected chi connectivity index (χ1v) is 10.3. The van der Waals surface area contributed by atoms with Gasteiger partial charge in [0.15, 0.2) is 5.69 Å². The van der Waals surface area contributed by atoms with Crippen molar-refractivity contribution in [1.29, 1.82) is 0 Å². The summed E-state index contributed by atoms with van der Waals surface area (Å²) in [7, 11) is 1.83. The van der Waals surface area contributed by atoms with Crippen LogP contribution in [0.1, 0.15) is 16.1 Å². The molecule has 1 aliphatic rings. The van der Waals surface area contributed by atoms with E-state index in [1.165, 1.54) is 12.1 Å². The van der Waals surface area contributed by atoms with Gasteiger partial charge in [-0.05, 0) is 36.2 Å². The van der Waals surface area contributed by atoms with Crippen molar-refractivity contribution >= 4 is 32.7 Å². The lowest BCUT2D eigenvalue weighted by Crippen LogP contribution is -2.49. The summed E-state index contributed by atoms with van der Waals surface area (Å²) in [6.45, 7) is 3.29. The highest BCUT2D eigenvalue weighted by Crippen LogP contribution is 2.23. The van der Waals surface area contributed by atoms with Crippen LogP contribution in [-0.2, 0) is 13.5 Å². The van der Waals surface area contributed by atoms with Crippen LogP contribution < -0.4 is 0 Å². The van der Waals surface area contributed by atoms with Crippen molar-refractivity contribution in [2.45, 2.75) is 6.42 Å². The molecule has 1 aromatic heterocycles. The molecule has 1 saturated heterocycles. The number of piperazine rings is 1. The molecule has 0 atom stereocenters. The molecule has 8 heteroatoms. The molecular formula is C21H21BrF2N4O. The van der Waals surface area contributed by atoms with E-state index in [-0.39, 0.29) is 5.91 Å². The smallest absolute Gasteiger partial charge is 0.275 e. The number of hydrogen-bond donors (Lipinski definition) is 0. The molecule has 0 spiro atoms. The maximum absolute atomic E-state index is 13.8. The quantitative estimate of drug-likeness (QED) is 0.594. The van der Waals surface area contributed by atoms with Crippen LogP contribution in [0, 0.1) is 11.6 Å². The van der Waals surface area contributed by atoms with Crippen LogP contribution in [-0.4, -0.2) is 58.2 Å². The standard InChI is InChI=1S/C21H21BrF2N4O/c1-26-19-12-15(22)3-5-17(19)20(25-26)21(29)28-10-8-27(9-11-28)7-6-14-2-4-16(23)13-18(14)24/h2-5,12-13H,6-11H2,1H3. The molecule has 5 nitrogen and oxygen atoms in total. The molecule has 0 unspecified atom stereocenters. The molecule has 1 fully saturated rings. The number of hydrogen-bond acceptors (Lipinski definition) is 3. The lowest BCUT2D eigenvalue weighted by atomic mass is 10.1. The fraction of sp³-hybridized carbons (Fsp3) is 0.333. The van der Waals surface area contributed by atoms with Crippen molar-refractivity contribution in [3.8, 4) is 0 Å². The topological polar surface area (TPSA) is 41.4 Å². The average Bonchev–Trinajstić information content (AvgIpc) is 3.03. The number of benzene rings is 2. The number of fused-ring (bicyclic) bond motifs is 1. The first kappa shape index (κ1) is 20.0. The molecule has 2 heterocycles. The van der Waals surface area contributed by atoms with E-state index in [1.807, 2.05) is 30.1 Å². The van der Waals surface area contributed by atoms with Gasteiger partial charge in [-0.3, -0.25) is 14.4 Å². The van der Waals surface area contributed by atoms with Crippen molar-refractivity contribution in [2.24, 2.45) is 7.05 Å². The summed E-state index contributed by atoms with van der Waals surface area (Å²) in [5, 5.41) is 5.28. The van der Waals surface area contributed by atoms with Gasteiger partial charge >= 0.3 is 0 Å². The van der Waals surface area contributed by atoms with Crippen LogP contribution in [0.15, 0.2) is 40.9 Å². The molecule has 2 aromatic carbocycles. The van der Waals surface area contributed by atoms with E-state index in [1.54, 1.807) is 4.68 Å². The summed E-state index contributed by atoms with van der Waals surface area (Å²) in [5.74, 6) is -1.14. The maximum atomic E-state index is 13.8. The Morgan fingerprint density at radius 3 is 2.59 bits per heavy atom. The third kappa shape index (κ3) is 4.18. The highest BCUT2D eigenvalue weighted by Gasteiger charge is 2.26. The largest absolute Gasteiger partial charge is 0.335 e. The van der Waals surface area contributed by atoms with Crippen molar-refractivity contribution in [2.75, 3.05) is 32.7 Å². The van der Waals surface area contributed by atoms with Crippen molar-refractivity contribution in [1.82, 2.24) is 19.6 Å². The molecule has 0 aliphatic carbocycles. The van der Waals surface area contributed by atoms with Crippen LogP contribution >= 0.6 is 15.9 Å². The molecule has 1 amide bonds. The second-order valence-corrected chi connectivity index (χ2v) is 8.17. The third-order valence-electron chi connectivity index (χ3n) is 5.39. The molecule has 0 saturated carbocycles. The minimum absolute atomic E-state index is 0.0675. The monoisotopic (exact) mass is 462 g/mol. The van der Waals surface area contributed by atoms with Gasteiger partial charge in [0.2, 0.25) is 0 Å². The van der Waals surface area contributed by atoms with Crippen LogP contribution in [0.4, 0.5) is 8.78 Å². The fourth-order valence-corrected chi connectivity index (χ4v) is 4.06. The van der Waals surface area contributed by atoms with Gasteiger partial charge in [-0.1, -0.05) is 22.0 Å². The Labute approximate surface area is 176 Å². The Morgan fingerprint density at radius 2 is 1.86 bits per heavy atom. The van der Waals surface area contributed by atoms with E-state index >= 15 is 0 Å². The number of aryl methyl sites for hydroxylation is 1. The number of carbonyl (C=O) groups excluding carboxylic acids is 1. The Bertz CT molecular complexity index is 1060. The number of carbonyl (C=O) groups is 1. The lowest BCUT2D eigenvalue weighted by molar-refractivity contribution is 0.0633. The van der Waals surface area contributed by atoms with E-state index in [9.17, 15) is 13.6 Å². The zero-order valence-corrected chi connectivity index (χ0v) is 17.6. The first-order chi connectivity index (χ1) is 13.9. The Kier molecular flexibility index (Phi) is 5.65. The minimum Gasteiger partial charge on any atom is -0.335 e. The summed E-state index contributed by atoms with van der Waals surface area (Å²) in [6, 6.07) is 9.47. The van der Waals surface area contributed by atoms with Gasteiger partial charge < -0.3 is 4.90 Å². The number of amides is 1. The molecule has 3 aromatic rings. The molecule has 0 N–H and O–H groups in total. The highest BCUT2D eigenvalue weighted by atomic mass is 79.9. The molecule has 0 bridgehead atoms. The Balaban J connectivity index is 1.38. The predicted molar refractivity (Wildman–Crippen MR) is 111 cm³/mol. The van der Waals surface area contributed by atoms with Crippen molar-refractivity contribution in [3.63, 3.8) is 0 Å². The van der Waals surface area contributed by atoms with E-state index in [2.05, 4.69) is 25.9 Å². The highest BCUT2D eigenvalue weighted by molar-refractivity contribution is 9.10. The normalized spacial score (nSPS) is 15.2. The summed E-state index contributed by atoms with van der Waals surface area (Å²) in [5.41, 5.74) is 1.88. The summed E-state index contributed by atoms with van der Waals surface area (Å²) in [6.07, 6.45) is 0.514. The van der Waals surface area contributed by atoms with Gasteiger partial charge in [0.1, 0.15) is 11.6 Å². The predicted octanol–water partition coefficient (Wildman–Crippen LogP) is 3.61. The second kappa shape index (κ2) is 8.20. The van der Waals surface area contributed by atoms with E-state index < -0.39 is 11.6 Å². The molecule has 152 valence electrons. The number of halogens is 3. The van der Waals surface area contributed by atoms with Gasteiger partial charge in [0.25, 0.3) is 5.91 Å². The SMILES string of the molecule is Cn1nc(C(=O)N2CCN(CCc3ccc(F)cc3F)CC2)c2ccc(Br)cc21. The van der Waals surface area contributed by atoms with E-state index in [4.69, 9.17) is 0 Å². The Hall–Kier alpha value is -2.32. The molecular weight excluding hydrogens is 442 g/mol. The zero-order chi connectivity index (χ0) is 20.5. The van der Waals surface area contributed by atoms with Gasteiger partial charge in [0, 0.05) is 55.7 Å². The number of nitrogens with zero attached hydrogens (tertiary/aromatic N) is 4. The van der Waals surface area contributed by atoms with Gasteiger partial charge in [-0.2, -0.15) is 5.10 Å². The van der Waals surface area contributed by atoms with Gasteiger partial charge in [-0.15, -0.1) is 0 Å². The molecule has 1 aliphatic heterocycles. The Morgan fingerprint density at radius 1 is 1.10 bits per heavy atom. The van der Waals surface area contributed by atoms with Gasteiger partial charge in [-0.25, -0.2) is 8.78 Å². The number of rotatable bonds is 4. The zero-order valence-electron chi connectivity index (χ0n) is 16.0. The summed E-state index contributed by atoms with van der Waals surface area (Å²) in [4.78, 5) is 17.0. The maximum Gasteiger partial charge on any atom is 0.275 e. The summed E-state index contributed by atoms with van der Waals surface area (Å²) >= 11 is 3.45. The van der Waals surface area contributed by atoms with E-state index in [0.717, 1.165) is 21.4 Å². The first-order valence-electron chi connectivity index (χ1n) is 9.50. The molecule has 0 radical (unpaired) electrons. The second-order valence-electron chi connectivity index (χ2n) is 7.25. The van der Waals surface area contributed by atoms with Crippen LogP contribution in [0.25, 0.3) is 10.9 Å². The minimum atomic E-state index is -0.562. The van der Waals surface area contributed by atoms with Crippen molar-refractivity contribution in [3.05, 3.63) is 63.8 Å². The lowest BCUT2D eigenvalue weighted by Gasteiger charge is -2.34. The summed E-state index contributed by atoms with van der Waals surface area (Å²) < 4.78 is 29.5. The number of aromatic nitrogens is 2. The average molecular weight is 463 g/mol. The van der Waals surface area contributed by atoms with Crippen molar-refractivity contribution < 1.29 is 13.6 Å². The molecule has 29 heavy (non-hydrogen) atoms.